The second kappa shape index (κ2) is 8.50. The van der Waals surface area contributed by atoms with E-state index in [0.717, 1.165) is 25.2 Å². The molecule has 1 unspecified atom stereocenters. The Morgan fingerprint density at radius 1 is 1.32 bits per heavy atom. The molecule has 0 radical (unpaired) electrons. The average Bonchev–Trinajstić information content (AvgIpc) is 3.12. The van der Waals surface area contributed by atoms with Gasteiger partial charge in [-0.3, -0.25) is 9.89 Å². The fraction of sp³-hybridized carbons (Fsp3) is 0.474. The number of halogens is 1. The summed E-state index contributed by atoms with van der Waals surface area (Å²) in [6.07, 6.45) is 1.02. The number of aromatic amines is 1. The van der Waals surface area contributed by atoms with Gasteiger partial charge < -0.3 is 10.2 Å². The van der Waals surface area contributed by atoms with Gasteiger partial charge in [0.2, 0.25) is 0 Å². The molecule has 2 heterocycles. The van der Waals surface area contributed by atoms with E-state index in [0.29, 0.717) is 18.2 Å². The van der Waals surface area contributed by atoms with Crippen LogP contribution in [0.4, 0.5) is 0 Å². The normalized spacial score (nSPS) is 17.4. The Morgan fingerprint density at radius 3 is 2.64 bits per heavy atom. The van der Waals surface area contributed by atoms with Crippen molar-refractivity contribution in [3.63, 3.8) is 0 Å². The van der Waals surface area contributed by atoms with E-state index >= 15 is 0 Å². The Balaban J connectivity index is 0.00000225. The summed E-state index contributed by atoms with van der Waals surface area (Å²) in [5, 5.41) is 10.6. The Hall–Kier alpha value is -1.85. The summed E-state index contributed by atoms with van der Waals surface area (Å²) < 4.78 is 0. The number of rotatable bonds is 4. The van der Waals surface area contributed by atoms with Crippen molar-refractivity contribution < 1.29 is 4.79 Å². The van der Waals surface area contributed by atoms with E-state index in [4.69, 9.17) is 0 Å². The second-order valence-electron chi connectivity index (χ2n) is 6.68. The molecule has 1 fully saturated rings. The zero-order valence-corrected chi connectivity index (χ0v) is 15.9. The highest BCUT2D eigenvalue weighted by molar-refractivity contribution is 5.92. The van der Waals surface area contributed by atoms with Crippen LogP contribution in [0.3, 0.4) is 0 Å². The van der Waals surface area contributed by atoms with E-state index in [-0.39, 0.29) is 24.4 Å². The van der Waals surface area contributed by atoms with E-state index < -0.39 is 0 Å². The molecule has 1 aliphatic heterocycles. The Morgan fingerprint density at radius 2 is 2.04 bits per heavy atom. The molecule has 0 bridgehead atoms. The summed E-state index contributed by atoms with van der Waals surface area (Å²) in [6, 6.07) is 10.5. The van der Waals surface area contributed by atoms with Crippen molar-refractivity contribution in [2.75, 3.05) is 19.6 Å². The number of piperazine rings is 1. The number of hydrogen-bond donors (Lipinski definition) is 2. The number of H-pyrrole nitrogens is 1. The number of nitrogens with zero attached hydrogens (tertiary/aromatic N) is 2. The molecule has 1 aliphatic rings. The lowest BCUT2D eigenvalue weighted by Crippen LogP contribution is -2.48. The first-order valence-corrected chi connectivity index (χ1v) is 8.76. The lowest BCUT2D eigenvalue weighted by atomic mass is 10.0. The van der Waals surface area contributed by atoms with Crippen molar-refractivity contribution in [2.45, 2.75) is 39.2 Å². The molecule has 1 aromatic carbocycles. The maximum atomic E-state index is 13.0. The fourth-order valence-corrected chi connectivity index (χ4v) is 3.11. The van der Waals surface area contributed by atoms with Crippen LogP contribution in [0.25, 0.3) is 0 Å². The first-order chi connectivity index (χ1) is 11.6. The molecule has 1 amide bonds. The number of amides is 1. The van der Waals surface area contributed by atoms with Crippen LogP contribution in [-0.2, 0) is 6.42 Å². The van der Waals surface area contributed by atoms with Crippen LogP contribution in [0.1, 0.15) is 60.0 Å². The van der Waals surface area contributed by atoms with E-state index in [9.17, 15) is 4.79 Å². The zero-order valence-electron chi connectivity index (χ0n) is 15.1. The number of benzene rings is 1. The second-order valence-corrected chi connectivity index (χ2v) is 6.68. The molecule has 1 atom stereocenters. The van der Waals surface area contributed by atoms with Gasteiger partial charge in [0.1, 0.15) is 5.69 Å². The maximum Gasteiger partial charge on any atom is 0.274 e. The monoisotopic (exact) mass is 362 g/mol. The smallest absolute Gasteiger partial charge is 0.274 e. The minimum Gasteiger partial charge on any atom is -0.328 e. The Kier molecular flexibility index (Phi) is 6.62. The number of aryl methyl sites for hydroxylation is 1. The molecule has 2 aromatic rings. The summed E-state index contributed by atoms with van der Waals surface area (Å²) in [5.74, 6) is 0.337. The predicted octanol–water partition coefficient (Wildman–Crippen LogP) is 3.30. The van der Waals surface area contributed by atoms with Crippen molar-refractivity contribution in [2.24, 2.45) is 0 Å². The summed E-state index contributed by atoms with van der Waals surface area (Å²) in [5.41, 5.74) is 4.00. The van der Waals surface area contributed by atoms with Gasteiger partial charge in [0.25, 0.3) is 5.91 Å². The number of hydrogen-bond acceptors (Lipinski definition) is 3. The van der Waals surface area contributed by atoms with Gasteiger partial charge in [-0.2, -0.15) is 5.10 Å². The molecule has 0 saturated carbocycles. The molecule has 1 aromatic heterocycles. The van der Waals surface area contributed by atoms with Gasteiger partial charge in [0.05, 0.1) is 6.04 Å². The highest BCUT2D eigenvalue weighted by atomic mass is 35.5. The lowest BCUT2D eigenvalue weighted by Gasteiger charge is -2.36. The molecular formula is C19H27ClN4O. The predicted molar refractivity (Wildman–Crippen MR) is 102 cm³/mol. The van der Waals surface area contributed by atoms with Crippen LogP contribution in [0, 0.1) is 0 Å². The highest BCUT2D eigenvalue weighted by Crippen LogP contribution is 2.25. The third-order valence-electron chi connectivity index (χ3n) is 4.72. The van der Waals surface area contributed by atoms with Crippen LogP contribution < -0.4 is 5.32 Å². The first-order valence-electron chi connectivity index (χ1n) is 8.76. The lowest BCUT2D eigenvalue weighted by molar-refractivity contribution is 0.0628. The highest BCUT2D eigenvalue weighted by Gasteiger charge is 2.30. The van der Waals surface area contributed by atoms with Crippen LogP contribution in [-0.4, -0.2) is 40.6 Å². The number of nitrogens with one attached hydrogen (secondary N) is 2. The van der Waals surface area contributed by atoms with Crippen molar-refractivity contribution in [3.05, 3.63) is 52.8 Å². The molecule has 3 rings (SSSR count). The van der Waals surface area contributed by atoms with E-state index in [2.05, 4.69) is 60.6 Å². The van der Waals surface area contributed by atoms with Gasteiger partial charge >= 0.3 is 0 Å². The molecule has 0 aliphatic carbocycles. The third-order valence-corrected chi connectivity index (χ3v) is 4.72. The van der Waals surface area contributed by atoms with E-state index in [1.165, 1.54) is 11.1 Å². The first kappa shape index (κ1) is 19.5. The Bertz CT molecular complexity index is 696. The van der Waals surface area contributed by atoms with Gasteiger partial charge in [-0.15, -0.1) is 12.4 Å². The van der Waals surface area contributed by atoms with Crippen LogP contribution >= 0.6 is 12.4 Å². The van der Waals surface area contributed by atoms with Gasteiger partial charge in [-0.05, 0) is 29.5 Å². The minimum atomic E-state index is 0. The zero-order chi connectivity index (χ0) is 17.1. The van der Waals surface area contributed by atoms with E-state index in [1.807, 2.05) is 11.0 Å². The van der Waals surface area contributed by atoms with Gasteiger partial charge in [0, 0.05) is 25.3 Å². The molecule has 1 saturated heterocycles. The summed E-state index contributed by atoms with van der Waals surface area (Å²) in [4.78, 5) is 14.9. The van der Waals surface area contributed by atoms with Gasteiger partial charge in [-0.1, -0.05) is 45.0 Å². The van der Waals surface area contributed by atoms with E-state index in [1.54, 1.807) is 0 Å². The molecule has 6 heteroatoms. The third kappa shape index (κ3) is 4.22. The number of aromatic nitrogens is 2. The van der Waals surface area contributed by atoms with Gasteiger partial charge in [0.15, 0.2) is 0 Å². The number of carbonyl (C=O) groups excluding carboxylic acids is 1. The van der Waals surface area contributed by atoms with Crippen molar-refractivity contribution in [3.8, 4) is 0 Å². The summed E-state index contributed by atoms with van der Waals surface area (Å²) in [6.45, 7) is 8.62. The Labute approximate surface area is 155 Å². The van der Waals surface area contributed by atoms with Crippen LogP contribution in [0.15, 0.2) is 30.3 Å². The largest absolute Gasteiger partial charge is 0.328 e. The van der Waals surface area contributed by atoms with Crippen molar-refractivity contribution in [1.82, 2.24) is 20.4 Å². The maximum absolute atomic E-state index is 13.0. The summed E-state index contributed by atoms with van der Waals surface area (Å²) in [7, 11) is 0. The van der Waals surface area contributed by atoms with Crippen molar-refractivity contribution in [1.29, 1.82) is 0 Å². The quantitative estimate of drug-likeness (QED) is 0.877. The minimum absolute atomic E-state index is 0. The van der Waals surface area contributed by atoms with Crippen LogP contribution in [0.2, 0.25) is 0 Å². The average molecular weight is 363 g/mol. The summed E-state index contributed by atoms with van der Waals surface area (Å²) >= 11 is 0. The standard InChI is InChI=1S/C19H26N4O.ClH/c1-4-14-5-7-15(8-6-14)18-12-20-9-10-23(18)19(24)17-11-16(13(2)3)21-22-17;/h5-8,11,13,18,20H,4,9-10,12H2,1-3H3,(H,21,22);1H. The van der Waals surface area contributed by atoms with Gasteiger partial charge in [-0.25, -0.2) is 0 Å². The molecule has 5 nitrogen and oxygen atoms in total. The number of carbonyl (C=O) groups is 1. The van der Waals surface area contributed by atoms with Crippen LogP contribution in [0.5, 0.6) is 0 Å². The molecule has 2 N–H and O–H groups in total. The topological polar surface area (TPSA) is 61.0 Å². The fourth-order valence-electron chi connectivity index (χ4n) is 3.11. The van der Waals surface area contributed by atoms with Crippen molar-refractivity contribution >= 4 is 18.3 Å². The molecule has 25 heavy (non-hydrogen) atoms. The SMILES string of the molecule is CCc1ccc(C2CNCCN2C(=O)c2cc(C(C)C)[nH]n2)cc1.Cl. The molecule has 0 spiro atoms. The molecular weight excluding hydrogens is 336 g/mol. The molecule has 136 valence electrons.